The number of rotatable bonds is 5. The molecule has 2 saturated heterocycles. The van der Waals surface area contributed by atoms with E-state index in [0.29, 0.717) is 23.9 Å². The van der Waals surface area contributed by atoms with E-state index in [1.165, 1.54) is 5.56 Å². The molecule has 1 aromatic heterocycles. The molecule has 7 nitrogen and oxygen atoms in total. The molecule has 0 saturated carbocycles. The van der Waals surface area contributed by atoms with Crippen molar-refractivity contribution in [3.63, 3.8) is 0 Å². The van der Waals surface area contributed by atoms with Crippen molar-refractivity contribution < 1.29 is 19.3 Å². The van der Waals surface area contributed by atoms with E-state index < -0.39 is 11.7 Å². The van der Waals surface area contributed by atoms with Gasteiger partial charge >= 0.3 is 0 Å². The average Bonchev–Trinajstić information content (AvgIpc) is 3.09. The normalized spacial score (nSPS) is 33.7. The number of hydrogen-bond acceptors (Lipinski definition) is 6. The highest BCUT2D eigenvalue weighted by Gasteiger charge is 2.52. The van der Waals surface area contributed by atoms with Gasteiger partial charge in [-0.1, -0.05) is 40.6 Å². The largest absolute Gasteiger partial charge is 0.390 e. The molecular formula is C23H31N3O4. The van der Waals surface area contributed by atoms with Crippen LogP contribution in [0.5, 0.6) is 0 Å². The zero-order chi connectivity index (χ0) is 21.4. The highest BCUT2D eigenvalue weighted by molar-refractivity contribution is 5.78. The maximum absolute atomic E-state index is 12.4. The number of carbonyl (C=O) groups is 1. The minimum atomic E-state index is -0.651. The second-order valence-corrected chi connectivity index (χ2v) is 9.40. The Bertz CT molecular complexity index is 886. The highest BCUT2D eigenvalue weighted by Crippen LogP contribution is 2.50. The van der Waals surface area contributed by atoms with Crippen LogP contribution in [0.1, 0.15) is 62.4 Å². The molecule has 30 heavy (non-hydrogen) atoms. The van der Waals surface area contributed by atoms with Gasteiger partial charge < -0.3 is 15.2 Å². The fourth-order valence-corrected chi connectivity index (χ4v) is 5.25. The molecule has 2 fully saturated rings. The third kappa shape index (κ3) is 4.27. The van der Waals surface area contributed by atoms with Crippen LogP contribution in [-0.2, 0) is 16.0 Å². The third-order valence-electron chi connectivity index (χ3n) is 6.83. The number of benzene rings is 1. The van der Waals surface area contributed by atoms with E-state index in [1.807, 2.05) is 13.0 Å². The van der Waals surface area contributed by atoms with Gasteiger partial charge in [-0.15, -0.1) is 0 Å². The minimum absolute atomic E-state index is 0.0631. The van der Waals surface area contributed by atoms with Crippen molar-refractivity contribution in [2.75, 3.05) is 6.54 Å². The van der Waals surface area contributed by atoms with Gasteiger partial charge in [-0.2, -0.15) is 0 Å². The van der Waals surface area contributed by atoms with Gasteiger partial charge in [0.05, 0.1) is 23.7 Å². The number of aliphatic hydroxyl groups is 1. The fraction of sp³-hybridized carbons (Fsp3) is 0.609. The first kappa shape index (κ1) is 21.0. The molecule has 3 heterocycles. The number of ether oxygens (including phenoxy) is 1. The third-order valence-corrected chi connectivity index (χ3v) is 6.83. The van der Waals surface area contributed by atoms with Crippen LogP contribution < -0.4 is 5.32 Å². The zero-order valence-electron chi connectivity index (χ0n) is 17.9. The van der Waals surface area contributed by atoms with Crippen molar-refractivity contribution in [3.8, 4) is 0 Å². The Balaban J connectivity index is 1.45. The summed E-state index contributed by atoms with van der Waals surface area (Å²) < 4.78 is 11.2. The van der Waals surface area contributed by atoms with E-state index in [1.54, 1.807) is 6.92 Å². The zero-order valence-corrected chi connectivity index (χ0v) is 17.9. The van der Waals surface area contributed by atoms with Gasteiger partial charge in [0, 0.05) is 12.5 Å². The predicted molar refractivity (Wildman–Crippen MR) is 111 cm³/mol. The Kier molecular flexibility index (Phi) is 5.68. The molecule has 0 spiro atoms. The molecule has 0 unspecified atom stereocenters. The van der Waals surface area contributed by atoms with E-state index in [4.69, 9.17) is 4.74 Å². The fourth-order valence-electron chi connectivity index (χ4n) is 5.25. The van der Waals surface area contributed by atoms with Gasteiger partial charge in [-0.3, -0.25) is 4.79 Å². The summed E-state index contributed by atoms with van der Waals surface area (Å²) in [5.41, 5.74) is 1.53. The number of nitrogens with one attached hydrogen (secondary N) is 1. The lowest BCUT2D eigenvalue weighted by molar-refractivity contribution is -0.215. The Morgan fingerprint density at radius 3 is 2.70 bits per heavy atom. The standard InChI is InChI=1S/C23H31N3O4/c1-15-19(26-30-25-15)11-20(27)24-14-17-9-10-22(2)12-18(16-7-5-4-6-8-16)13-23(3,29-22)21(17)28/h4-8,17-18,21,28H,9-14H2,1-3H3,(H,24,27)/t17-,18-,21-,22-,23-/m0/s1. The monoisotopic (exact) mass is 413 g/mol. The molecule has 5 atom stereocenters. The Labute approximate surface area is 177 Å². The summed E-state index contributed by atoms with van der Waals surface area (Å²) in [6.45, 7) is 6.36. The SMILES string of the molecule is Cc1nonc1CC(=O)NC[C@@H]1CC[C@@]2(C)C[C@H](c3ccccc3)C[C@](C)(O2)[C@H]1O. The number of amides is 1. The van der Waals surface area contributed by atoms with Crippen molar-refractivity contribution in [1.29, 1.82) is 0 Å². The lowest BCUT2D eigenvalue weighted by Crippen LogP contribution is -2.54. The van der Waals surface area contributed by atoms with E-state index in [9.17, 15) is 9.90 Å². The van der Waals surface area contributed by atoms with Crippen LogP contribution in [0.4, 0.5) is 0 Å². The summed E-state index contributed by atoms with van der Waals surface area (Å²) in [6.07, 6.45) is 2.84. The quantitative estimate of drug-likeness (QED) is 0.782. The Morgan fingerprint density at radius 2 is 2.00 bits per heavy atom. The van der Waals surface area contributed by atoms with Gasteiger partial charge in [-0.25, -0.2) is 4.63 Å². The summed E-state index contributed by atoms with van der Waals surface area (Å²) in [4.78, 5) is 12.4. The molecule has 0 aliphatic carbocycles. The molecule has 2 N–H and O–H groups in total. The van der Waals surface area contributed by atoms with Crippen LogP contribution in [-0.4, -0.2) is 45.2 Å². The molecule has 4 rings (SSSR count). The van der Waals surface area contributed by atoms with Gasteiger partial charge in [0.15, 0.2) is 0 Å². The van der Waals surface area contributed by atoms with E-state index >= 15 is 0 Å². The summed E-state index contributed by atoms with van der Waals surface area (Å²) in [5.74, 6) is 0.139. The molecule has 7 heteroatoms. The van der Waals surface area contributed by atoms with Crippen molar-refractivity contribution >= 4 is 5.91 Å². The number of aliphatic hydroxyl groups excluding tert-OH is 1. The lowest BCUT2D eigenvalue weighted by Gasteiger charge is -2.49. The number of carbonyl (C=O) groups excluding carboxylic acids is 1. The van der Waals surface area contributed by atoms with Gasteiger partial charge in [0.2, 0.25) is 5.91 Å². The van der Waals surface area contributed by atoms with Crippen LogP contribution in [0.2, 0.25) is 0 Å². The maximum Gasteiger partial charge on any atom is 0.226 e. The van der Waals surface area contributed by atoms with Gasteiger partial charge in [-0.05, 0) is 57.9 Å². The molecule has 2 bridgehead atoms. The summed E-state index contributed by atoms with van der Waals surface area (Å²) in [7, 11) is 0. The predicted octanol–water partition coefficient (Wildman–Crippen LogP) is 2.92. The number of aromatic nitrogens is 2. The number of hydrogen-bond donors (Lipinski definition) is 2. The van der Waals surface area contributed by atoms with Crippen LogP contribution in [0.3, 0.4) is 0 Å². The van der Waals surface area contributed by atoms with Crippen LogP contribution in [0.25, 0.3) is 0 Å². The average molecular weight is 414 g/mol. The molecule has 0 radical (unpaired) electrons. The summed E-state index contributed by atoms with van der Waals surface area (Å²) in [6, 6.07) is 10.5. The highest BCUT2D eigenvalue weighted by atomic mass is 16.6. The molecular weight excluding hydrogens is 382 g/mol. The minimum Gasteiger partial charge on any atom is -0.390 e. The lowest BCUT2D eigenvalue weighted by atomic mass is 9.74. The van der Waals surface area contributed by atoms with Crippen LogP contribution in [0, 0.1) is 12.8 Å². The van der Waals surface area contributed by atoms with Crippen molar-refractivity contribution in [2.24, 2.45) is 5.92 Å². The molecule has 162 valence electrons. The van der Waals surface area contributed by atoms with Crippen molar-refractivity contribution in [2.45, 2.75) is 76.1 Å². The van der Waals surface area contributed by atoms with Crippen molar-refractivity contribution in [3.05, 3.63) is 47.3 Å². The number of aryl methyl sites for hydroxylation is 1. The molecule has 1 amide bonds. The molecule has 1 aromatic carbocycles. The van der Waals surface area contributed by atoms with Crippen LogP contribution in [0.15, 0.2) is 35.0 Å². The first-order valence-electron chi connectivity index (χ1n) is 10.8. The van der Waals surface area contributed by atoms with E-state index in [2.05, 4.69) is 51.4 Å². The first-order valence-corrected chi connectivity index (χ1v) is 10.8. The smallest absolute Gasteiger partial charge is 0.226 e. The second-order valence-electron chi connectivity index (χ2n) is 9.40. The summed E-state index contributed by atoms with van der Waals surface area (Å²) >= 11 is 0. The Morgan fingerprint density at radius 1 is 1.23 bits per heavy atom. The van der Waals surface area contributed by atoms with E-state index in [-0.39, 0.29) is 23.8 Å². The molecule has 2 aromatic rings. The number of fused-ring (bicyclic) bond motifs is 2. The Hall–Kier alpha value is -2.25. The molecule has 2 aliphatic rings. The second kappa shape index (κ2) is 8.12. The number of nitrogens with zero attached hydrogens (tertiary/aromatic N) is 2. The van der Waals surface area contributed by atoms with Crippen molar-refractivity contribution in [1.82, 2.24) is 15.6 Å². The summed E-state index contributed by atoms with van der Waals surface area (Å²) in [5, 5.41) is 21.7. The van der Waals surface area contributed by atoms with Crippen LogP contribution >= 0.6 is 0 Å². The maximum atomic E-state index is 12.4. The van der Waals surface area contributed by atoms with Gasteiger partial charge in [0.1, 0.15) is 11.4 Å². The van der Waals surface area contributed by atoms with E-state index in [0.717, 1.165) is 25.7 Å². The van der Waals surface area contributed by atoms with Gasteiger partial charge in [0.25, 0.3) is 0 Å². The molecule has 2 aliphatic heterocycles. The topological polar surface area (TPSA) is 97.5 Å². The first-order chi connectivity index (χ1) is 14.3.